The van der Waals surface area contributed by atoms with E-state index in [9.17, 15) is 14.4 Å². The van der Waals surface area contributed by atoms with Crippen LogP contribution in [-0.4, -0.2) is 42.1 Å². The quantitative estimate of drug-likeness (QED) is 0.588. The van der Waals surface area contributed by atoms with Crippen LogP contribution in [0.25, 0.3) is 0 Å². The summed E-state index contributed by atoms with van der Waals surface area (Å²) in [6.45, 7) is 0.126. The number of rotatable bonds is 8. The highest BCUT2D eigenvalue weighted by atomic mass is 35.5. The highest BCUT2D eigenvalue weighted by molar-refractivity contribution is 6.38. The molecule has 0 radical (unpaired) electrons. The van der Waals surface area contributed by atoms with Crippen LogP contribution < -0.4 is 16.4 Å². The van der Waals surface area contributed by atoms with Gasteiger partial charge in [0, 0.05) is 23.4 Å². The molecule has 0 bridgehead atoms. The fraction of sp³-hybridized carbons (Fsp3) is 0.238. The van der Waals surface area contributed by atoms with Crippen molar-refractivity contribution < 1.29 is 19.2 Å². The Morgan fingerprint density at radius 2 is 1.83 bits per heavy atom. The zero-order chi connectivity index (χ0) is 21.5. The van der Waals surface area contributed by atoms with Gasteiger partial charge in [-0.2, -0.15) is 0 Å². The van der Waals surface area contributed by atoms with Gasteiger partial charge in [0.1, 0.15) is 11.8 Å². The normalized spacial score (nSPS) is 16.2. The predicted octanol–water partition coefficient (Wildman–Crippen LogP) is 1.43. The van der Waals surface area contributed by atoms with E-state index in [1.165, 1.54) is 0 Å². The first kappa shape index (κ1) is 21.3. The van der Waals surface area contributed by atoms with E-state index < -0.39 is 18.1 Å². The average molecular weight is 429 g/mol. The average Bonchev–Trinajstić information content (AvgIpc) is 3.22. The molecular weight excluding hydrogens is 408 g/mol. The third-order valence-corrected chi connectivity index (χ3v) is 4.78. The van der Waals surface area contributed by atoms with Crippen molar-refractivity contribution >= 4 is 35.0 Å². The summed E-state index contributed by atoms with van der Waals surface area (Å²) in [5.41, 5.74) is 6.59. The van der Waals surface area contributed by atoms with Gasteiger partial charge in [0.25, 0.3) is 11.8 Å². The summed E-state index contributed by atoms with van der Waals surface area (Å²) >= 11 is 5.87. The summed E-state index contributed by atoms with van der Waals surface area (Å²) in [5, 5.41) is 9.64. The SMILES string of the molecule is NC(=O)C1=NO[C@@H](CNC(=O)[C@@H](Cc2ccccc2)NC(=O)c2ccc(Cl)cc2)C1. The van der Waals surface area contributed by atoms with Gasteiger partial charge in [-0.15, -0.1) is 0 Å². The third kappa shape index (κ3) is 5.81. The molecule has 3 amide bonds. The number of halogens is 1. The summed E-state index contributed by atoms with van der Waals surface area (Å²) in [6.07, 6.45) is 0.0391. The number of nitrogens with two attached hydrogens (primary N) is 1. The molecule has 0 spiro atoms. The number of hydrogen-bond donors (Lipinski definition) is 3. The van der Waals surface area contributed by atoms with E-state index in [4.69, 9.17) is 22.2 Å². The minimum absolute atomic E-state index is 0.126. The van der Waals surface area contributed by atoms with Gasteiger partial charge < -0.3 is 21.2 Å². The minimum Gasteiger partial charge on any atom is -0.390 e. The number of amides is 3. The van der Waals surface area contributed by atoms with Gasteiger partial charge in [0.05, 0.1) is 6.54 Å². The van der Waals surface area contributed by atoms with Crippen molar-refractivity contribution in [1.29, 1.82) is 0 Å². The molecular formula is C21H21ClN4O4. The molecule has 0 aliphatic carbocycles. The van der Waals surface area contributed by atoms with Crippen LogP contribution >= 0.6 is 11.6 Å². The van der Waals surface area contributed by atoms with Crippen LogP contribution in [-0.2, 0) is 20.8 Å². The summed E-state index contributed by atoms with van der Waals surface area (Å²) in [7, 11) is 0. The zero-order valence-corrected chi connectivity index (χ0v) is 16.8. The molecule has 0 saturated carbocycles. The van der Waals surface area contributed by atoms with Crippen LogP contribution in [0.1, 0.15) is 22.3 Å². The Balaban J connectivity index is 1.64. The Morgan fingerprint density at radius 3 is 2.47 bits per heavy atom. The molecule has 30 heavy (non-hydrogen) atoms. The lowest BCUT2D eigenvalue weighted by Crippen LogP contribution is -2.49. The Hall–Kier alpha value is -3.39. The first-order valence-corrected chi connectivity index (χ1v) is 9.70. The monoisotopic (exact) mass is 428 g/mol. The minimum atomic E-state index is -0.812. The van der Waals surface area contributed by atoms with E-state index in [0.29, 0.717) is 17.0 Å². The van der Waals surface area contributed by atoms with Crippen molar-refractivity contribution in [3.63, 3.8) is 0 Å². The van der Waals surface area contributed by atoms with E-state index in [2.05, 4.69) is 15.8 Å². The zero-order valence-electron chi connectivity index (χ0n) is 16.0. The van der Waals surface area contributed by atoms with Crippen molar-refractivity contribution in [2.75, 3.05) is 6.54 Å². The van der Waals surface area contributed by atoms with Crippen molar-refractivity contribution in [2.24, 2.45) is 10.9 Å². The number of hydrogen-bond acceptors (Lipinski definition) is 5. The van der Waals surface area contributed by atoms with Gasteiger partial charge in [-0.1, -0.05) is 47.1 Å². The number of primary amides is 1. The predicted molar refractivity (Wildman–Crippen MR) is 112 cm³/mol. The Kier molecular flexibility index (Phi) is 7.03. The number of carbonyl (C=O) groups is 3. The molecule has 2 aromatic rings. The number of nitrogens with zero attached hydrogens (tertiary/aromatic N) is 1. The van der Waals surface area contributed by atoms with E-state index in [1.807, 2.05) is 30.3 Å². The van der Waals surface area contributed by atoms with Crippen molar-refractivity contribution in [2.45, 2.75) is 25.0 Å². The summed E-state index contributed by atoms with van der Waals surface area (Å²) in [5.74, 6) is -1.42. The summed E-state index contributed by atoms with van der Waals surface area (Å²) in [4.78, 5) is 41.7. The first-order chi connectivity index (χ1) is 14.4. The largest absolute Gasteiger partial charge is 0.390 e. The maximum Gasteiger partial charge on any atom is 0.266 e. The topological polar surface area (TPSA) is 123 Å². The number of nitrogens with one attached hydrogen (secondary N) is 2. The van der Waals surface area contributed by atoms with Gasteiger partial charge in [-0.25, -0.2) is 0 Å². The second-order valence-electron chi connectivity index (χ2n) is 6.80. The molecule has 156 valence electrons. The number of carbonyl (C=O) groups excluding carboxylic acids is 3. The van der Waals surface area contributed by atoms with Crippen LogP contribution in [0.3, 0.4) is 0 Å². The molecule has 2 atom stereocenters. The molecule has 0 fully saturated rings. The van der Waals surface area contributed by atoms with Gasteiger partial charge in [0.2, 0.25) is 5.91 Å². The molecule has 1 heterocycles. The first-order valence-electron chi connectivity index (χ1n) is 9.33. The summed E-state index contributed by atoms with van der Waals surface area (Å²) in [6, 6.07) is 14.9. The highest BCUT2D eigenvalue weighted by Crippen LogP contribution is 2.12. The Bertz CT molecular complexity index is 947. The molecule has 3 rings (SSSR count). The van der Waals surface area contributed by atoms with E-state index in [-0.39, 0.29) is 30.5 Å². The molecule has 9 heteroatoms. The standard InChI is InChI=1S/C21H21ClN4O4/c22-15-8-6-14(7-9-15)20(28)25-18(10-13-4-2-1-3-5-13)21(29)24-12-16-11-17(19(23)27)26-30-16/h1-9,16,18H,10-12H2,(H2,23,27)(H,24,29)(H,25,28)/t16-,18-/m1/s1. The van der Waals surface area contributed by atoms with Crippen LogP contribution in [0.2, 0.25) is 5.02 Å². The summed E-state index contributed by atoms with van der Waals surface area (Å²) < 4.78 is 0. The molecule has 8 nitrogen and oxygen atoms in total. The Morgan fingerprint density at radius 1 is 1.13 bits per heavy atom. The molecule has 1 aliphatic rings. The fourth-order valence-corrected chi connectivity index (χ4v) is 3.05. The van der Waals surface area contributed by atoms with Crippen LogP contribution in [0.4, 0.5) is 0 Å². The maximum absolute atomic E-state index is 12.8. The Labute approximate surface area is 178 Å². The molecule has 0 saturated heterocycles. The molecule has 4 N–H and O–H groups in total. The lowest BCUT2D eigenvalue weighted by Gasteiger charge is -2.20. The van der Waals surface area contributed by atoms with Gasteiger partial charge >= 0.3 is 0 Å². The van der Waals surface area contributed by atoms with Crippen LogP contribution in [0.15, 0.2) is 59.8 Å². The fourth-order valence-electron chi connectivity index (χ4n) is 2.92. The van der Waals surface area contributed by atoms with Crippen LogP contribution in [0.5, 0.6) is 0 Å². The van der Waals surface area contributed by atoms with Crippen molar-refractivity contribution in [3.8, 4) is 0 Å². The second-order valence-corrected chi connectivity index (χ2v) is 7.24. The van der Waals surface area contributed by atoms with Gasteiger partial charge in [0.15, 0.2) is 6.10 Å². The number of benzene rings is 2. The smallest absolute Gasteiger partial charge is 0.266 e. The van der Waals surface area contributed by atoms with E-state index in [0.717, 1.165) is 5.56 Å². The van der Waals surface area contributed by atoms with E-state index in [1.54, 1.807) is 24.3 Å². The maximum atomic E-state index is 12.8. The third-order valence-electron chi connectivity index (χ3n) is 4.53. The van der Waals surface area contributed by atoms with Crippen molar-refractivity contribution in [1.82, 2.24) is 10.6 Å². The van der Waals surface area contributed by atoms with Crippen LogP contribution in [0, 0.1) is 0 Å². The van der Waals surface area contributed by atoms with Crippen molar-refractivity contribution in [3.05, 3.63) is 70.7 Å². The molecule has 0 unspecified atom stereocenters. The highest BCUT2D eigenvalue weighted by Gasteiger charge is 2.27. The molecule has 0 aromatic heterocycles. The lowest BCUT2D eigenvalue weighted by molar-refractivity contribution is -0.123. The van der Waals surface area contributed by atoms with Gasteiger partial charge in [-0.3, -0.25) is 14.4 Å². The molecule has 2 aromatic carbocycles. The van der Waals surface area contributed by atoms with Gasteiger partial charge in [-0.05, 0) is 29.8 Å². The molecule has 1 aliphatic heterocycles. The lowest BCUT2D eigenvalue weighted by atomic mass is 10.0. The van der Waals surface area contributed by atoms with E-state index >= 15 is 0 Å². The number of oxime groups is 1. The second kappa shape index (κ2) is 9.89.